The number of hydrogen-bond donors (Lipinski definition) is 0. The van der Waals surface area contributed by atoms with Gasteiger partial charge in [0.2, 0.25) is 17.6 Å². The zero-order chi connectivity index (χ0) is 16.4. The van der Waals surface area contributed by atoms with E-state index in [0.717, 1.165) is 12.8 Å². The van der Waals surface area contributed by atoms with Gasteiger partial charge in [-0.25, -0.2) is 0 Å². The molecule has 1 aliphatic rings. The molecule has 0 radical (unpaired) electrons. The summed E-state index contributed by atoms with van der Waals surface area (Å²) in [5.74, 6) is 1.93. The van der Waals surface area contributed by atoms with E-state index in [0.29, 0.717) is 30.6 Å². The molecule has 3 aromatic heterocycles. The smallest absolute Gasteiger partial charge is 0.244 e. The lowest BCUT2D eigenvalue weighted by atomic mass is 9.97. The first kappa shape index (κ1) is 14.7. The number of furan rings is 1. The van der Waals surface area contributed by atoms with E-state index in [9.17, 15) is 4.79 Å². The summed E-state index contributed by atoms with van der Waals surface area (Å²) >= 11 is 0. The van der Waals surface area contributed by atoms with Crippen molar-refractivity contribution in [3.63, 3.8) is 0 Å². The minimum absolute atomic E-state index is 0.0824. The van der Waals surface area contributed by atoms with E-state index in [1.165, 1.54) is 0 Å². The van der Waals surface area contributed by atoms with Crippen LogP contribution in [0.15, 0.2) is 45.8 Å². The van der Waals surface area contributed by atoms with Gasteiger partial charge in [0.25, 0.3) is 0 Å². The van der Waals surface area contributed by atoms with Crippen LogP contribution in [0.5, 0.6) is 0 Å². The molecule has 0 atom stereocenters. The largest absolute Gasteiger partial charge is 0.461 e. The molecule has 1 aliphatic heterocycles. The molecule has 1 amide bonds. The van der Waals surface area contributed by atoms with Gasteiger partial charge in [0.15, 0.2) is 5.76 Å². The molecule has 0 saturated carbocycles. The topological polar surface area (TPSA) is 90.2 Å². The van der Waals surface area contributed by atoms with Gasteiger partial charge in [-0.3, -0.25) is 9.48 Å². The zero-order valence-corrected chi connectivity index (χ0v) is 13.0. The maximum Gasteiger partial charge on any atom is 0.244 e. The van der Waals surface area contributed by atoms with E-state index in [-0.39, 0.29) is 18.4 Å². The first-order chi connectivity index (χ1) is 11.8. The second kappa shape index (κ2) is 6.31. The van der Waals surface area contributed by atoms with Crippen LogP contribution in [0.25, 0.3) is 11.6 Å². The SMILES string of the molecule is O=C(Cn1cccn1)N1CCC(c2nc(-c3ccco3)no2)CC1. The first-order valence-corrected chi connectivity index (χ1v) is 7.92. The van der Waals surface area contributed by atoms with Crippen LogP contribution in [0, 0.1) is 0 Å². The van der Waals surface area contributed by atoms with Gasteiger partial charge in [-0.15, -0.1) is 0 Å². The molecule has 4 rings (SSSR count). The summed E-state index contributed by atoms with van der Waals surface area (Å²) in [7, 11) is 0. The number of piperidine rings is 1. The molecule has 0 aromatic carbocycles. The van der Waals surface area contributed by atoms with Gasteiger partial charge in [0.05, 0.1) is 6.26 Å². The van der Waals surface area contributed by atoms with Gasteiger partial charge in [0.1, 0.15) is 6.54 Å². The van der Waals surface area contributed by atoms with Crippen molar-refractivity contribution in [2.24, 2.45) is 0 Å². The molecule has 1 saturated heterocycles. The Hall–Kier alpha value is -2.90. The number of carbonyl (C=O) groups excluding carboxylic acids is 1. The maximum absolute atomic E-state index is 12.3. The van der Waals surface area contributed by atoms with Gasteiger partial charge in [-0.2, -0.15) is 10.1 Å². The Labute approximate surface area is 138 Å². The number of rotatable bonds is 4. The Bertz CT molecular complexity index is 786. The Morgan fingerprint density at radius 1 is 1.29 bits per heavy atom. The van der Waals surface area contributed by atoms with Gasteiger partial charge < -0.3 is 13.8 Å². The number of amides is 1. The highest BCUT2D eigenvalue weighted by molar-refractivity contribution is 5.76. The predicted molar refractivity (Wildman–Crippen MR) is 82.8 cm³/mol. The monoisotopic (exact) mass is 327 g/mol. The number of likely N-dealkylation sites (tertiary alicyclic amines) is 1. The van der Waals surface area contributed by atoms with Crippen LogP contribution in [-0.2, 0) is 11.3 Å². The van der Waals surface area contributed by atoms with Crippen molar-refractivity contribution in [1.82, 2.24) is 24.8 Å². The lowest BCUT2D eigenvalue weighted by Gasteiger charge is -2.30. The molecule has 1 fully saturated rings. The fourth-order valence-electron chi connectivity index (χ4n) is 2.92. The summed E-state index contributed by atoms with van der Waals surface area (Å²) in [5, 5.41) is 8.03. The van der Waals surface area contributed by atoms with Crippen molar-refractivity contribution in [1.29, 1.82) is 0 Å². The molecule has 0 bridgehead atoms. The van der Waals surface area contributed by atoms with E-state index >= 15 is 0 Å². The zero-order valence-electron chi connectivity index (χ0n) is 13.0. The molecule has 3 aromatic rings. The summed E-state index contributed by atoms with van der Waals surface area (Å²) in [6.07, 6.45) is 6.66. The highest BCUT2D eigenvalue weighted by Crippen LogP contribution is 2.28. The van der Waals surface area contributed by atoms with E-state index in [4.69, 9.17) is 8.94 Å². The molecule has 0 unspecified atom stereocenters. The summed E-state index contributed by atoms with van der Waals surface area (Å²) in [4.78, 5) is 18.6. The van der Waals surface area contributed by atoms with Crippen LogP contribution in [0.4, 0.5) is 0 Å². The lowest BCUT2D eigenvalue weighted by Crippen LogP contribution is -2.39. The van der Waals surface area contributed by atoms with Crippen LogP contribution in [0.2, 0.25) is 0 Å². The molecule has 8 nitrogen and oxygen atoms in total. The van der Waals surface area contributed by atoms with Gasteiger partial charge in [-0.1, -0.05) is 5.16 Å². The predicted octanol–water partition coefficient (Wildman–Crippen LogP) is 1.93. The highest BCUT2D eigenvalue weighted by atomic mass is 16.5. The average molecular weight is 327 g/mol. The van der Waals surface area contributed by atoms with Crippen molar-refractivity contribution in [3.8, 4) is 11.6 Å². The average Bonchev–Trinajstić information content (AvgIpc) is 3.36. The summed E-state index contributed by atoms with van der Waals surface area (Å²) < 4.78 is 12.3. The van der Waals surface area contributed by atoms with Crippen LogP contribution in [-0.4, -0.2) is 43.8 Å². The van der Waals surface area contributed by atoms with Crippen LogP contribution in [0.1, 0.15) is 24.7 Å². The molecule has 0 spiro atoms. The number of carbonyl (C=O) groups is 1. The first-order valence-electron chi connectivity index (χ1n) is 7.92. The van der Waals surface area contributed by atoms with Crippen LogP contribution < -0.4 is 0 Å². The number of nitrogens with zero attached hydrogens (tertiary/aromatic N) is 5. The summed E-state index contributed by atoms with van der Waals surface area (Å²) in [6, 6.07) is 5.39. The van der Waals surface area contributed by atoms with Crippen molar-refractivity contribution < 1.29 is 13.7 Å². The maximum atomic E-state index is 12.3. The van der Waals surface area contributed by atoms with Crippen molar-refractivity contribution in [2.75, 3.05) is 13.1 Å². The minimum Gasteiger partial charge on any atom is -0.461 e. The molecule has 24 heavy (non-hydrogen) atoms. The standard InChI is InChI=1S/C16H17N5O3/c22-14(11-21-7-2-6-17-21)20-8-4-12(5-9-20)16-18-15(19-24-16)13-3-1-10-23-13/h1-3,6-7,10,12H,4-5,8-9,11H2. The van der Waals surface area contributed by atoms with Gasteiger partial charge in [0, 0.05) is 31.4 Å². The normalized spacial score (nSPS) is 15.8. The minimum atomic E-state index is 0.0824. The summed E-state index contributed by atoms with van der Waals surface area (Å²) in [5.41, 5.74) is 0. The van der Waals surface area contributed by atoms with E-state index in [1.807, 2.05) is 11.0 Å². The second-order valence-corrected chi connectivity index (χ2v) is 5.79. The third kappa shape index (κ3) is 2.94. The Morgan fingerprint density at radius 3 is 2.88 bits per heavy atom. The fraction of sp³-hybridized carbons (Fsp3) is 0.375. The molecular formula is C16H17N5O3. The highest BCUT2D eigenvalue weighted by Gasteiger charge is 2.28. The Balaban J connectivity index is 1.35. The Kier molecular flexibility index (Phi) is 3.86. The Morgan fingerprint density at radius 2 is 2.17 bits per heavy atom. The number of aromatic nitrogens is 4. The number of hydrogen-bond acceptors (Lipinski definition) is 6. The lowest BCUT2D eigenvalue weighted by molar-refractivity contribution is -0.133. The van der Waals surface area contributed by atoms with Crippen LogP contribution in [0.3, 0.4) is 0 Å². The van der Waals surface area contributed by atoms with Crippen molar-refractivity contribution in [2.45, 2.75) is 25.3 Å². The second-order valence-electron chi connectivity index (χ2n) is 5.79. The van der Waals surface area contributed by atoms with E-state index in [1.54, 1.807) is 35.5 Å². The fourth-order valence-corrected chi connectivity index (χ4v) is 2.92. The van der Waals surface area contributed by atoms with E-state index < -0.39 is 0 Å². The quantitative estimate of drug-likeness (QED) is 0.727. The molecule has 4 heterocycles. The molecule has 8 heteroatoms. The van der Waals surface area contributed by atoms with Crippen molar-refractivity contribution in [3.05, 3.63) is 42.7 Å². The third-order valence-corrected chi connectivity index (χ3v) is 4.24. The molecule has 124 valence electrons. The van der Waals surface area contributed by atoms with E-state index in [2.05, 4.69) is 15.2 Å². The summed E-state index contributed by atoms with van der Waals surface area (Å²) in [6.45, 7) is 1.65. The molecule has 0 aliphatic carbocycles. The van der Waals surface area contributed by atoms with Gasteiger partial charge >= 0.3 is 0 Å². The third-order valence-electron chi connectivity index (χ3n) is 4.24. The molecule has 0 N–H and O–H groups in total. The molecular weight excluding hydrogens is 310 g/mol. The van der Waals surface area contributed by atoms with Crippen molar-refractivity contribution >= 4 is 5.91 Å². The van der Waals surface area contributed by atoms with Gasteiger partial charge in [-0.05, 0) is 31.0 Å². The van der Waals surface area contributed by atoms with Crippen LogP contribution >= 0.6 is 0 Å².